The molecular formula is C20H26F3N5O7. The summed E-state index contributed by atoms with van der Waals surface area (Å²) in [4.78, 5) is 51.3. The van der Waals surface area contributed by atoms with Crippen molar-refractivity contribution in [3.05, 3.63) is 29.8 Å². The molecule has 4 N–H and O–H groups in total. The predicted octanol–water partition coefficient (Wildman–Crippen LogP) is 1.90. The van der Waals surface area contributed by atoms with Crippen LogP contribution in [0.3, 0.4) is 0 Å². The highest BCUT2D eigenvalue weighted by Gasteiger charge is 2.33. The topological polar surface area (TPSA) is 154 Å². The van der Waals surface area contributed by atoms with Crippen molar-refractivity contribution in [2.24, 2.45) is 0 Å². The van der Waals surface area contributed by atoms with Crippen LogP contribution in [0.5, 0.6) is 0 Å². The Hall–Kier alpha value is -3.75. The Kier molecular flexibility index (Phi) is 9.50. The Morgan fingerprint density at radius 1 is 0.743 bits per heavy atom. The number of anilines is 1. The second-order valence-corrected chi connectivity index (χ2v) is 7.68. The quantitative estimate of drug-likeness (QED) is 0.486. The van der Waals surface area contributed by atoms with Crippen molar-refractivity contribution in [3.63, 3.8) is 0 Å². The van der Waals surface area contributed by atoms with E-state index in [2.05, 4.69) is 5.32 Å². The highest BCUT2D eigenvalue weighted by atomic mass is 19.4. The zero-order valence-corrected chi connectivity index (χ0v) is 18.6. The summed E-state index contributed by atoms with van der Waals surface area (Å²) in [6, 6.07) is 4.43. The van der Waals surface area contributed by atoms with Crippen LogP contribution >= 0.6 is 0 Å². The van der Waals surface area contributed by atoms with Crippen molar-refractivity contribution in [1.82, 2.24) is 19.6 Å². The molecule has 15 heteroatoms. The van der Waals surface area contributed by atoms with Gasteiger partial charge in [0.2, 0.25) is 5.91 Å². The van der Waals surface area contributed by atoms with E-state index in [1.165, 1.54) is 17.0 Å². The van der Waals surface area contributed by atoms with E-state index in [1.54, 1.807) is 0 Å². The SMILES string of the molecule is O=C(CN1CCN(C(=O)O)CCN(C(=O)O)CCN(C(=O)O)CC1)Nc1ccccc1C(F)(F)F. The second-order valence-electron chi connectivity index (χ2n) is 7.68. The van der Waals surface area contributed by atoms with Crippen LogP contribution < -0.4 is 5.32 Å². The number of carbonyl (C=O) groups excluding carboxylic acids is 1. The molecule has 0 saturated carbocycles. The van der Waals surface area contributed by atoms with Gasteiger partial charge in [-0.25, -0.2) is 14.4 Å². The molecule has 0 spiro atoms. The highest BCUT2D eigenvalue weighted by molar-refractivity contribution is 5.93. The Balaban J connectivity index is 2.16. The zero-order valence-electron chi connectivity index (χ0n) is 18.6. The molecule has 1 aromatic carbocycles. The van der Waals surface area contributed by atoms with Gasteiger partial charge in [-0.3, -0.25) is 9.69 Å². The molecule has 0 radical (unpaired) electrons. The molecule has 12 nitrogen and oxygen atoms in total. The standard InChI is InChI=1S/C20H26F3N5O7/c21-20(22,23)14-3-1-2-4-15(14)24-16(29)13-25-5-7-26(17(30)31)9-11-28(19(34)35)12-10-27(8-6-25)18(32)33/h1-4H,5-13H2,(H,24,29)(H,30,31)(H,32,33)(H,34,35). The number of para-hydroxylation sites is 1. The largest absolute Gasteiger partial charge is 0.465 e. The molecule has 1 aliphatic rings. The minimum Gasteiger partial charge on any atom is -0.465 e. The molecule has 1 heterocycles. The van der Waals surface area contributed by atoms with Crippen molar-refractivity contribution in [2.45, 2.75) is 6.18 Å². The van der Waals surface area contributed by atoms with Crippen LogP contribution in [-0.4, -0.2) is 118 Å². The molecule has 1 saturated heterocycles. The van der Waals surface area contributed by atoms with Crippen LogP contribution in [0, 0.1) is 0 Å². The van der Waals surface area contributed by atoms with Gasteiger partial charge in [0.05, 0.1) is 17.8 Å². The first-order valence-electron chi connectivity index (χ1n) is 10.5. The summed E-state index contributed by atoms with van der Waals surface area (Å²) < 4.78 is 39.6. The van der Waals surface area contributed by atoms with Gasteiger partial charge in [-0.05, 0) is 12.1 Å². The van der Waals surface area contributed by atoms with Gasteiger partial charge >= 0.3 is 24.5 Å². The van der Waals surface area contributed by atoms with E-state index in [1.807, 2.05) is 0 Å². The van der Waals surface area contributed by atoms with E-state index in [9.17, 15) is 47.7 Å². The Labute approximate surface area is 198 Å². The molecule has 0 bridgehead atoms. The fourth-order valence-corrected chi connectivity index (χ4v) is 3.42. The second kappa shape index (κ2) is 12.1. The number of alkyl halides is 3. The maximum Gasteiger partial charge on any atom is 0.418 e. The van der Waals surface area contributed by atoms with Crippen LogP contribution in [0.4, 0.5) is 33.2 Å². The zero-order chi connectivity index (χ0) is 26.2. The maximum atomic E-state index is 13.2. The first-order valence-corrected chi connectivity index (χ1v) is 10.5. The lowest BCUT2D eigenvalue weighted by Gasteiger charge is -2.31. The van der Waals surface area contributed by atoms with Crippen molar-refractivity contribution in [3.8, 4) is 0 Å². The predicted molar refractivity (Wildman–Crippen MR) is 115 cm³/mol. The summed E-state index contributed by atoms with van der Waals surface area (Å²) in [7, 11) is 0. The van der Waals surface area contributed by atoms with Gasteiger partial charge in [-0.15, -0.1) is 0 Å². The number of nitrogens with zero attached hydrogens (tertiary/aromatic N) is 4. The number of benzene rings is 1. The van der Waals surface area contributed by atoms with Crippen LogP contribution in [0.2, 0.25) is 0 Å². The van der Waals surface area contributed by atoms with Crippen molar-refractivity contribution in [1.29, 1.82) is 0 Å². The molecular weight excluding hydrogens is 479 g/mol. The smallest absolute Gasteiger partial charge is 0.418 e. The highest BCUT2D eigenvalue weighted by Crippen LogP contribution is 2.34. The van der Waals surface area contributed by atoms with Crippen LogP contribution in [0.25, 0.3) is 0 Å². The van der Waals surface area contributed by atoms with Gasteiger partial charge in [0, 0.05) is 52.4 Å². The lowest BCUT2D eigenvalue weighted by atomic mass is 10.1. The summed E-state index contributed by atoms with van der Waals surface area (Å²) in [6.07, 6.45) is -8.65. The van der Waals surface area contributed by atoms with Gasteiger partial charge in [-0.2, -0.15) is 13.2 Å². The third kappa shape index (κ3) is 8.51. The van der Waals surface area contributed by atoms with Crippen molar-refractivity contribution < 1.29 is 47.7 Å². The van der Waals surface area contributed by atoms with E-state index in [0.29, 0.717) is 0 Å². The molecule has 0 aliphatic carbocycles. The molecule has 4 amide bonds. The van der Waals surface area contributed by atoms with Gasteiger partial charge < -0.3 is 35.3 Å². The fourth-order valence-electron chi connectivity index (χ4n) is 3.42. The number of halogens is 3. The maximum absolute atomic E-state index is 13.2. The van der Waals surface area contributed by atoms with Crippen LogP contribution in [0.15, 0.2) is 24.3 Å². The summed E-state index contributed by atoms with van der Waals surface area (Å²) >= 11 is 0. The van der Waals surface area contributed by atoms with E-state index < -0.39 is 48.2 Å². The summed E-state index contributed by atoms with van der Waals surface area (Å²) in [6.45, 7) is -1.53. The number of hydrogen-bond acceptors (Lipinski definition) is 5. The molecule has 0 aromatic heterocycles. The Bertz CT molecular complexity index is 901. The number of rotatable bonds is 3. The summed E-state index contributed by atoms with van der Waals surface area (Å²) in [5.74, 6) is -0.797. The van der Waals surface area contributed by atoms with Crippen molar-refractivity contribution >= 4 is 29.9 Å². The fraction of sp³-hybridized carbons (Fsp3) is 0.500. The van der Waals surface area contributed by atoms with Gasteiger partial charge in [-0.1, -0.05) is 12.1 Å². The first kappa shape index (κ1) is 27.5. The number of nitrogens with one attached hydrogen (secondary N) is 1. The summed E-state index contributed by atoms with van der Waals surface area (Å²) in [5, 5.41) is 30.3. The summed E-state index contributed by atoms with van der Waals surface area (Å²) in [5.41, 5.74) is -1.47. The number of amides is 4. The molecule has 2 rings (SSSR count). The molecule has 1 aromatic rings. The Morgan fingerprint density at radius 3 is 1.54 bits per heavy atom. The number of carbonyl (C=O) groups is 4. The first-order chi connectivity index (χ1) is 16.4. The molecule has 0 unspecified atom stereocenters. The normalized spacial score (nSPS) is 16.7. The molecule has 35 heavy (non-hydrogen) atoms. The van der Waals surface area contributed by atoms with Gasteiger partial charge in [0.25, 0.3) is 0 Å². The van der Waals surface area contributed by atoms with Crippen LogP contribution in [-0.2, 0) is 11.0 Å². The average Bonchev–Trinajstić information content (AvgIpc) is 2.74. The molecule has 194 valence electrons. The third-order valence-corrected chi connectivity index (χ3v) is 5.34. The lowest BCUT2D eigenvalue weighted by Crippen LogP contribution is -2.50. The number of carboxylic acid groups (broad SMARTS) is 3. The average molecular weight is 505 g/mol. The minimum atomic E-state index is -4.69. The minimum absolute atomic E-state index is 0.0405. The van der Waals surface area contributed by atoms with E-state index in [-0.39, 0.29) is 52.4 Å². The number of hydrogen-bond donors (Lipinski definition) is 4. The van der Waals surface area contributed by atoms with Crippen molar-refractivity contribution in [2.75, 3.05) is 64.2 Å². The van der Waals surface area contributed by atoms with Gasteiger partial charge in [0.1, 0.15) is 0 Å². The van der Waals surface area contributed by atoms with E-state index in [0.717, 1.165) is 26.8 Å². The van der Waals surface area contributed by atoms with Gasteiger partial charge in [0.15, 0.2) is 0 Å². The van der Waals surface area contributed by atoms with E-state index in [4.69, 9.17) is 0 Å². The third-order valence-electron chi connectivity index (χ3n) is 5.34. The molecule has 1 aliphatic heterocycles. The monoisotopic (exact) mass is 505 g/mol. The molecule has 0 atom stereocenters. The molecule has 1 fully saturated rings. The van der Waals surface area contributed by atoms with Crippen LogP contribution in [0.1, 0.15) is 5.56 Å². The Morgan fingerprint density at radius 2 is 1.14 bits per heavy atom. The lowest BCUT2D eigenvalue weighted by molar-refractivity contribution is -0.137. The van der Waals surface area contributed by atoms with E-state index >= 15 is 0 Å².